The van der Waals surface area contributed by atoms with E-state index in [-0.39, 0.29) is 22.5 Å². The number of nitrogens with one attached hydrogen (secondary N) is 2. The predicted molar refractivity (Wildman–Crippen MR) is 90.2 cm³/mol. The Hall–Kier alpha value is -2.35. The van der Waals surface area contributed by atoms with Crippen LogP contribution in [-0.4, -0.2) is 11.8 Å². The van der Waals surface area contributed by atoms with Crippen molar-refractivity contribution in [2.45, 2.75) is 18.5 Å². The Balaban J connectivity index is 1.87. The van der Waals surface area contributed by atoms with Crippen LogP contribution in [-0.2, 0) is 15.8 Å². The van der Waals surface area contributed by atoms with Gasteiger partial charge in [-0.25, -0.2) is 0 Å². The number of carbonyl (C=O) groups is 2. The van der Waals surface area contributed by atoms with Gasteiger partial charge in [-0.05, 0) is 29.8 Å². The highest BCUT2D eigenvalue weighted by molar-refractivity contribution is 9.10. The first-order valence-electron chi connectivity index (χ1n) is 7.32. The van der Waals surface area contributed by atoms with Crippen molar-refractivity contribution >= 4 is 39.1 Å². The lowest BCUT2D eigenvalue weighted by Crippen LogP contribution is -2.30. The first-order valence-corrected chi connectivity index (χ1v) is 8.11. The van der Waals surface area contributed by atoms with Gasteiger partial charge < -0.3 is 10.6 Å². The summed E-state index contributed by atoms with van der Waals surface area (Å²) in [6, 6.07) is 10.3. The summed E-state index contributed by atoms with van der Waals surface area (Å²) < 4.78 is 38.8. The smallest absolute Gasteiger partial charge is 0.326 e. The Morgan fingerprint density at radius 3 is 2.64 bits per heavy atom. The van der Waals surface area contributed by atoms with Gasteiger partial charge in [0.15, 0.2) is 0 Å². The van der Waals surface area contributed by atoms with Crippen molar-refractivity contribution in [2.24, 2.45) is 0 Å². The van der Waals surface area contributed by atoms with E-state index in [0.717, 1.165) is 6.07 Å². The van der Waals surface area contributed by atoms with Gasteiger partial charge in [-0.15, -0.1) is 0 Å². The second-order valence-corrected chi connectivity index (χ2v) is 6.43. The molecule has 2 aromatic carbocycles. The minimum absolute atomic E-state index is 0.0176. The summed E-state index contributed by atoms with van der Waals surface area (Å²) in [7, 11) is 0. The van der Waals surface area contributed by atoms with Crippen molar-refractivity contribution in [3.05, 3.63) is 58.1 Å². The summed E-state index contributed by atoms with van der Waals surface area (Å²) in [4.78, 5) is 24.3. The minimum Gasteiger partial charge on any atom is -0.326 e. The first kappa shape index (κ1) is 17.5. The predicted octanol–water partition coefficient (Wildman–Crippen LogP) is 4.53. The molecule has 0 aliphatic carbocycles. The zero-order valence-electron chi connectivity index (χ0n) is 12.7. The van der Waals surface area contributed by atoms with E-state index in [9.17, 15) is 22.8 Å². The molecule has 1 aliphatic heterocycles. The molecule has 2 N–H and O–H groups in total. The maximum absolute atomic E-state index is 13.0. The van der Waals surface area contributed by atoms with Crippen LogP contribution in [0.1, 0.15) is 23.5 Å². The van der Waals surface area contributed by atoms with E-state index in [1.807, 2.05) is 0 Å². The van der Waals surface area contributed by atoms with Crippen LogP contribution in [0.4, 0.5) is 24.5 Å². The van der Waals surface area contributed by atoms with E-state index in [0.29, 0.717) is 11.3 Å². The summed E-state index contributed by atoms with van der Waals surface area (Å²) in [6.45, 7) is 0. The van der Waals surface area contributed by atoms with Crippen molar-refractivity contribution in [2.75, 3.05) is 10.6 Å². The third kappa shape index (κ3) is 3.68. The Morgan fingerprint density at radius 2 is 1.92 bits per heavy atom. The molecule has 3 rings (SSSR count). The standard InChI is InChI=1S/C17H12BrF3N2O2/c18-13-6-5-9(7-12(13)17(19,20)21)22-16(25)11-8-15(24)23-14-4-2-1-3-10(11)14/h1-7,11H,8H2,(H,22,25)(H,23,24)/t11-/m1/s1. The van der Waals surface area contributed by atoms with Crippen LogP contribution >= 0.6 is 15.9 Å². The normalized spacial score (nSPS) is 16.8. The summed E-state index contributed by atoms with van der Waals surface area (Å²) in [5.74, 6) is -1.61. The third-order valence-electron chi connectivity index (χ3n) is 3.86. The lowest BCUT2D eigenvalue weighted by molar-refractivity contribution is -0.138. The number of fused-ring (bicyclic) bond motifs is 1. The molecule has 2 amide bonds. The van der Waals surface area contributed by atoms with Gasteiger partial charge in [0.25, 0.3) is 0 Å². The zero-order chi connectivity index (χ0) is 18.2. The fraction of sp³-hybridized carbons (Fsp3) is 0.176. The number of rotatable bonds is 2. The maximum Gasteiger partial charge on any atom is 0.417 e. The Kier molecular flexibility index (Phi) is 4.55. The number of benzene rings is 2. The number of amides is 2. The van der Waals surface area contributed by atoms with E-state index in [1.54, 1.807) is 24.3 Å². The maximum atomic E-state index is 13.0. The third-order valence-corrected chi connectivity index (χ3v) is 4.55. The molecular weight excluding hydrogens is 401 g/mol. The van der Waals surface area contributed by atoms with E-state index in [1.165, 1.54) is 12.1 Å². The van der Waals surface area contributed by atoms with Gasteiger partial charge in [-0.1, -0.05) is 34.1 Å². The molecule has 0 saturated heterocycles. The fourth-order valence-corrected chi connectivity index (χ4v) is 3.17. The van der Waals surface area contributed by atoms with Crippen LogP contribution in [0.25, 0.3) is 0 Å². The molecule has 0 spiro atoms. The molecule has 25 heavy (non-hydrogen) atoms. The molecule has 1 atom stereocenters. The van der Waals surface area contributed by atoms with Crippen LogP contribution < -0.4 is 10.6 Å². The highest BCUT2D eigenvalue weighted by Gasteiger charge is 2.34. The number of anilines is 2. The lowest BCUT2D eigenvalue weighted by Gasteiger charge is -2.25. The SMILES string of the molecule is O=C1C[C@@H](C(=O)Nc2ccc(Br)c(C(F)(F)F)c2)c2ccccc2N1. The molecule has 0 aromatic heterocycles. The molecule has 0 fully saturated rings. The number of carbonyl (C=O) groups excluding carboxylic acids is 2. The topological polar surface area (TPSA) is 58.2 Å². The van der Waals surface area contributed by atoms with Crippen LogP contribution in [0.2, 0.25) is 0 Å². The highest BCUT2D eigenvalue weighted by atomic mass is 79.9. The molecule has 1 heterocycles. The van der Waals surface area contributed by atoms with E-state index >= 15 is 0 Å². The largest absolute Gasteiger partial charge is 0.417 e. The van der Waals surface area contributed by atoms with E-state index in [4.69, 9.17) is 0 Å². The van der Waals surface area contributed by atoms with Gasteiger partial charge >= 0.3 is 6.18 Å². The van der Waals surface area contributed by atoms with Gasteiger partial charge in [0.05, 0.1) is 11.5 Å². The van der Waals surface area contributed by atoms with Gasteiger partial charge in [0.1, 0.15) is 0 Å². The molecule has 0 radical (unpaired) electrons. The molecular formula is C17H12BrF3N2O2. The Bertz CT molecular complexity index is 852. The van der Waals surface area contributed by atoms with Crippen LogP contribution in [0.3, 0.4) is 0 Å². The lowest BCUT2D eigenvalue weighted by atomic mass is 9.90. The minimum atomic E-state index is -4.54. The van der Waals surface area contributed by atoms with Crippen molar-refractivity contribution in [3.63, 3.8) is 0 Å². The molecule has 8 heteroatoms. The van der Waals surface area contributed by atoms with Crippen molar-refractivity contribution in [1.29, 1.82) is 0 Å². The molecule has 130 valence electrons. The Labute approximate surface area is 149 Å². The average Bonchev–Trinajstić information content (AvgIpc) is 2.54. The number of hydrogen-bond acceptors (Lipinski definition) is 2. The van der Waals surface area contributed by atoms with Crippen LogP contribution in [0, 0.1) is 0 Å². The van der Waals surface area contributed by atoms with Gasteiger partial charge in [-0.2, -0.15) is 13.2 Å². The molecule has 0 unspecified atom stereocenters. The number of halogens is 4. The van der Waals surface area contributed by atoms with E-state index in [2.05, 4.69) is 26.6 Å². The van der Waals surface area contributed by atoms with Gasteiger partial charge in [-0.3, -0.25) is 9.59 Å². The van der Waals surface area contributed by atoms with Gasteiger partial charge in [0, 0.05) is 22.3 Å². The fourth-order valence-electron chi connectivity index (χ4n) is 2.69. The second kappa shape index (κ2) is 6.51. The zero-order valence-corrected chi connectivity index (χ0v) is 14.2. The van der Waals surface area contributed by atoms with Crippen LogP contribution in [0.5, 0.6) is 0 Å². The quantitative estimate of drug-likeness (QED) is 0.760. The summed E-state index contributed by atoms with van der Waals surface area (Å²) in [5, 5.41) is 5.14. The molecule has 4 nitrogen and oxygen atoms in total. The average molecular weight is 413 g/mol. The summed E-state index contributed by atoms with van der Waals surface area (Å²) in [5.41, 5.74) is 0.300. The first-order chi connectivity index (χ1) is 11.8. The summed E-state index contributed by atoms with van der Waals surface area (Å²) in [6.07, 6.45) is -4.61. The van der Waals surface area contributed by atoms with Crippen molar-refractivity contribution < 1.29 is 22.8 Å². The molecule has 2 aromatic rings. The summed E-state index contributed by atoms with van der Waals surface area (Å²) >= 11 is 2.85. The van der Waals surface area contributed by atoms with Gasteiger partial charge in [0.2, 0.25) is 11.8 Å². The number of para-hydroxylation sites is 1. The monoisotopic (exact) mass is 412 g/mol. The van der Waals surface area contributed by atoms with E-state index < -0.39 is 23.6 Å². The Morgan fingerprint density at radius 1 is 1.20 bits per heavy atom. The van der Waals surface area contributed by atoms with Crippen LogP contribution in [0.15, 0.2) is 46.9 Å². The van der Waals surface area contributed by atoms with Crippen molar-refractivity contribution in [1.82, 2.24) is 0 Å². The molecule has 1 aliphatic rings. The number of alkyl halides is 3. The molecule has 0 saturated carbocycles. The number of hydrogen-bond donors (Lipinski definition) is 2. The second-order valence-electron chi connectivity index (χ2n) is 5.57. The van der Waals surface area contributed by atoms with Crippen molar-refractivity contribution in [3.8, 4) is 0 Å². The highest BCUT2D eigenvalue weighted by Crippen LogP contribution is 2.37. The molecule has 0 bridgehead atoms.